The molecule has 2 heterocycles. The first-order valence-electron chi connectivity index (χ1n) is 6.29. The second-order valence-corrected chi connectivity index (χ2v) is 4.44. The van der Waals surface area contributed by atoms with Gasteiger partial charge in [-0.05, 0) is 12.8 Å². The van der Waals surface area contributed by atoms with Crippen LogP contribution >= 0.6 is 0 Å². The number of carboxylic acids is 1. The van der Waals surface area contributed by atoms with Gasteiger partial charge in [0.1, 0.15) is 0 Å². The van der Waals surface area contributed by atoms with Crippen molar-refractivity contribution < 1.29 is 14.6 Å². The van der Waals surface area contributed by atoms with E-state index in [1.807, 2.05) is 4.90 Å². The summed E-state index contributed by atoms with van der Waals surface area (Å²) in [4.78, 5) is 30.6. The molecule has 1 aliphatic rings. The molecule has 1 aromatic rings. The molecule has 0 aliphatic carbocycles. The van der Waals surface area contributed by atoms with Gasteiger partial charge in [0.15, 0.2) is 5.82 Å². The van der Waals surface area contributed by atoms with Crippen LogP contribution in [0.3, 0.4) is 0 Å². The average molecular weight is 267 g/mol. The number of rotatable bonds is 5. The number of hydrogen-bond donors (Lipinski definition) is 2. The van der Waals surface area contributed by atoms with Gasteiger partial charge in [-0.2, -0.15) is 0 Å². The summed E-state index contributed by atoms with van der Waals surface area (Å²) in [6.45, 7) is 1.62. The summed E-state index contributed by atoms with van der Waals surface area (Å²) >= 11 is 0. The Labute approximate surface area is 110 Å². The highest BCUT2D eigenvalue weighted by molar-refractivity contribution is 5.66. The van der Waals surface area contributed by atoms with Gasteiger partial charge >= 0.3 is 5.97 Å². The molecule has 0 atom stereocenters. The molecule has 2 rings (SSSR count). The zero-order valence-electron chi connectivity index (χ0n) is 10.5. The molecule has 0 amide bonds. The number of carbonyl (C=O) groups is 1. The maximum atomic E-state index is 11.6. The Balaban J connectivity index is 1.81. The van der Waals surface area contributed by atoms with E-state index in [0.29, 0.717) is 18.9 Å². The molecule has 19 heavy (non-hydrogen) atoms. The Hall–Kier alpha value is -1.89. The number of aliphatic carboxylic acids is 1. The number of nitrogens with zero attached hydrogens (tertiary/aromatic N) is 2. The molecule has 1 aromatic heterocycles. The van der Waals surface area contributed by atoms with Crippen molar-refractivity contribution in [1.82, 2.24) is 9.97 Å². The molecule has 0 aromatic carbocycles. The smallest absolute Gasteiger partial charge is 0.305 e. The standard InChI is InChI=1S/C12H17N3O4/c16-10(17)3-8-19-9-1-6-15(7-2-9)11-12(18)14-5-4-13-11/h4-5,9H,1-3,6-8H2,(H,14,18)(H,16,17). The van der Waals surface area contributed by atoms with E-state index >= 15 is 0 Å². The molecule has 1 fully saturated rings. The monoisotopic (exact) mass is 267 g/mol. The van der Waals surface area contributed by atoms with Crippen molar-refractivity contribution >= 4 is 11.8 Å². The Morgan fingerprint density at radius 1 is 1.53 bits per heavy atom. The number of aromatic amines is 1. The van der Waals surface area contributed by atoms with Gasteiger partial charge in [0, 0.05) is 25.5 Å². The van der Waals surface area contributed by atoms with Gasteiger partial charge in [-0.3, -0.25) is 9.59 Å². The number of ether oxygens (including phenoxy) is 1. The van der Waals surface area contributed by atoms with E-state index in [9.17, 15) is 9.59 Å². The van der Waals surface area contributed by atoms with Crippen LogP contribution in [0.4, 0.5) is 5.82 Å². The lowest BCUT2D eigenvalue weighted by molar-refractivity contribution is -0.138. The van der Waals surface area contributed by atoms with Crippen molar-refractivity contribution in [2.45, 2.75) is 25.4 Å². The summed E-state index contributed by atoms with van der Waals surface area (Å²) in [6, 6.07) is 0. The van der Waals surface area contributed by atoms with Crippen molar-refractivity contribution in [3.8, 4) is 0 Å². The summed E-state index contributed by atoms with van der Waals surface area (Å²) in [6.07, 6.45) is 4.71. The molecule has 1 saturated heterocycles. The number of carboxylic acid groups (broad SMARTS) is 1. The van der Waals surface area contributed by atoms with E-state index in [1.54, 1.807) is 6.20 Å². The van der Waals surface area contributed by atoms with Crippen LogP contribution in [-0.2, 0) is 9.53 Å². The first-order chi connectivity index (χ1) is 9.16. The van der Waals surface area contributed by atoms with E-state index in [2.05, 4.69) is 9.97 Å². The predicted molar refractivity (Wildman–Crippen MR) is 68.3 cm³/mol. The highest BCUT2D eigenvalue weighted by Gasteiger charge is 2.22. The van der Waals surface area contributed by atoms with Crippen LogP contribution in [0.25, 0.3) is 0 Å². The van der Waals surface area contributed by atoms with Crippen LogP contribution in [0, 0.1) is 0 Å². The van der Waals surface area contributed by atoms with E-state index in [0.717, 1.165) is 12.8 Å². The summed E-state index contributed by atoms with van der Waals surface area (Å²) < 4.78 is 5.49. The van der Waals surface area contributed by atoms with Crippen LogP contribution in [-0.4, -0.2) is 46.8 Å². The van der Waals surface area contributed by atoms with Crippen molar-refractivity contribution in [3.05, 3.63) is 22.7 Å². The number of anilines is 1. The van der Waals surface area contributed by atoms with Crippen LogP contribution in [0.15, 0.2) is 17.2 Å². The summed E-state index contributed by atoms with van der Waals surface area (Å²) in [5.41, 5.74) is -0.187. The topological polar surface area (TPSA) is 95.5 Å². The Morgan fingerprint density at radius 2 is 2.26 bits per heavy atom. The van der Waals surface area contributed by atoms with Crippen molar-refractivity contribution in [2.75, 3.05) is 24.6 Å². The first-order valence-corrected chi connectivity index (χ1v) is 6.29. The third-order valence-corrected chi connectivity index (χ3v) is 3.10. The lowest BCUT2D eigenvalue weighted by atomic mass is 10.1. The maximum Gasteiger partial charge on any atom is 0.305 e. The molecular weight excluding hydrogens is 250 g/mol. The number of hydrogen-bond acceptors (Lipinski definition) is 5. The minimum Gasteiger partial charge on any atom is -0.481 e. The minimum atomic E-state index is -0.850. The number of aromatic nitrogens is 2. The molecule has 7 nitrogen and oxygen atoms in total. The van der Waals surface area contributed by atoms with Gasteiger partial charge < -0.3 is 19.7 Å². The highest BCUT2D eigenvalue weighted by Crippen LogP contribution is 2.16. The Kier molecular flexibility index (Phi) is 4.51. The fourth-order valence-electron chi connectivity index (χ4n) is 2.12. The molecule has 104 valence electrons. The zero-order chi connectivity index (χ0) is 13.7. The lowest BCUT2D eigenvalue weighted by Gasteiger charge is -2.31. The molecule has 2 N–H and O–H groups in total. The molecule has 0 bridgehead atoms. The second-order valence-electron chi connectivity index (χ2n) is 4.44. The molecule has 0 saturated carbocycles. The third kappa shape index (κ3) is 3.78. The quantitative estimate of drug-likeness (QED) is 0.793. The van der Waals surface area contributed by atoms with Gasteiger partial charge in [-0.25, -0.2) is 4.98 Å². The van der Waals surface area contributed by atoms with E-state index in [1.165, 1.54) is 6.20 Å². The lowest BCUT2D eigenvalue weighted by Crippen LogP contribution is -2.40. The van der Waals surface area contributed by atoms with Crippen LogP contribution < -0.4 is 10.5 Å². The van der Waals surface area contributed by atoms with Crippen LogP contribution in [0.2, 0.25) is 0 Å². The predicted octanol–water partition coefficient (Wildman–Crippen LogP) is 0.230. The summed E-state index contributed by atoms with van der Waals surface area (Å²) in [7, 11) is 0. The fourth-order valence-corrected chi connectivity index (χ4v) is 2.12. The van der Waals surface area contributed by atoms with Crippen LogP contribution in [0.5, 0.6) is 0 Å². The first kappa shape index (κ1) is 13.5. The van der Waals surface area contributed by atoms with E-state index < -0.39 is 5.97 Å². The fraction of sp³-hybridized carbons (Fsp3) is 0.583. The highest BCUT2D eigenvalue weighted by atomic mass is 16.5. The van der Waals surface area contributed by atoms with Gasteiger partial charge in [0.05, 0.1) is 19.1 Å². The largest absolute Gasteiger partial charge is 0.481 e. The molecule has 7 heteroatoms. The SMILES string of the molecule is O=C(O)CCOC1CCN(c2ncc[nH]c2=O)CC1. The van der Waals surface area contributed by atoms with Gasteiger partial charge in [-0.1, -0.05) is 0 Å². The normalized spacial score (nSPS) is 16.5. The summed E-state index contributed by atoms with van der Waals surface area (Å²) in [5, 5.41) is 8.53. The maximum absolute atomic E-state index is 11.6. The Bertz CT molecular complexity index is 480. The zero-order valence-corrected chi connectivity index (χ0v) is 10.5. The second kappa shape index (κ2) is 6.33. The minimum absolute atomic E-state index is 0.0279. The Morgan fingerprint density at radius 3 is 2.89 bits per heavy atom. The molecule has 0 unspecified atom stereocenters. The third-order valence-electron chi connectivity index (χ3n) is 3.10. The van der Waals surface area contributed by atoms with Crippen molar-refractivity contribution in [2.24, 2.45) is 0 Å². The van der Waals surface area contributed by atoms with Crippen LogP contribution in [0.1, 0.15) is 19.3 Å². The average Bonchev–Trinajstić information content (AvgIpc) is 2.40. The number of H-pyrrole nitrogens is 1. The molecule has 0 radical (unpaired) electrons. The van der Waals surface area contributed by atoms with Crippen molar-refractivity contribution in [1.29, 1.82) is 0 Å². The van der Waals surface area contributed by atoms with E-state index in [-0.39, 0.29) is 24.7 Å². The van der Waals surface area contributed by atoms with Crippen molar-refractivity contribution in [3.63, 3.8) is 0 Å². The van der Waals surface area contributed by atoms with Gasteiger partial charge in [0.25, 0.3) is 5.56 Å². The number of nitrogens with one attached hydrogen (secondary N) is 1. The molecule has 1 aliphatic heterocycles. The van der Waals surface area contributed by atoms with Gasteiger partial charge in [0.2, 0.25) is 0 Å². The van der Waals surface area contributed by atoms with Gasteiger partial charge in [-0.15, -0.1) is 0 Å². The molecule has 0 spiro atoms. The van der Waals surface area contributed by atoms with E-state index in [4.69, 9.17) is 9.84 Å². The molecular formula is C12H17N3O4. The summed E-state index contributed by atoms with van der Waals surface area (Å²) in [5.74, 6) is -0.413. The number of piperidine rings is 1.